The topological polar surface area (TPSA) is 92.8 Å². The Morgan fingerprint density at radius 2 is 1.83 bits per heavy atom. The van der Waals surface area contributed by atoms with E-state index in [1.54, 1.807) is 25.1 Å². The van der Waals surface area contributed by atoms with E-state index >= 15 is 0 Å². The van der Waals surface area contributed by atoms with Crippen LogP contribution in [0.2, 0.25) is 5.02 Å². The minimum absolute atomic E-state index is 0.0119. The summed E-state index contributed by atoms with van der Waals surface area (Å²) in [4.78, 5) is 50.4. The molecule has 154 valence electrons. The van der Waals surface area contributed by atoms with Crippen molar-refractivity contribution in [3.63, 3.8) is 0 Å². The number of fused-ring (bicyclic) bond motifs is 5. The highest BCUT2D eigenvalue weighted by molar-refractivity contribution is 6.31. The van der Waals surface area contributed by atoms with Crippen molar-refractivity contribution in [2.24, 2.45) is 23.7 Å². The zero-order valence-corrected chi connectivity index (χ0v) is 16.9. The summed E-state index contributed by atoms with van der Waals surface area (Å²) in [7, 11) is 0. The van der Waals surface area contributed by atoms with Crippen molar-refractivity contribution in [2.75, 3.05) is 18.5 Å². The molecule has 1 aromatic carbocycles. The number of nitrogens with one attached hydrogen (secondary N) is 1. The van der Waals surface area contributed by atoms with E-state index < -0.39 is 18.5 Å². The minimum atomic E-state index is -0.622. The second kappa shape index (κ2) is 7.78. The SMILES string of the molecule is Cc1c(Cl)cccc1NC(=O)COC(=O)CCN1C(=O)[C@@H]2[C@H]3CC[C@@H](C3)[C@@H]2C1=O. The predicted molar refractivity (Wildman–Crippen MR) is 105 cm³/mol. The van der Waals surface area contributed by atoms with E-state index in [1.807, 2.05) is 0 Å². The summed E-state index contributed by atoms with van der Waals surface area (Å²) in [6.45, 7) is 1.34. The average Bonchev–Trinajstić information content (AvgIpc) is 3.37. The van der Waals surface area contributed by atoms with E-state index in [1.165, 1.54) is 4.90 Å². The quantitative estimate of drug-likeness (QED) is 0.566. The molecule has 1 saturated heterocycles. The van der Waals surface area contributed by atoms with Crippen LogP contribution in [0.15, 0.2) is 18.2 Å². The summed E-state index contributed by atoms with van der Waals surface area (Å²) in [5.41, 5.74) is 1.27. The Kier molecular flexibility index (Phi) is 5.34. The van der Waals surface area contributed by atoms with E-state index in [4.69, 9.17) is 16.3 Å². The van der Waals surface area contributed by atoms with Gasteiger partial charge in [0.1, 0.15) is 0 Å². The third-order valence-electron chi connectivity index (χ3n) is 6.46. The molecule has 1 aliphatic heterocycles. The number of hydrogen-bond acceptors (Lipinski definition) is 5. The molecular weight excluding hydrogens is 396 g/mol. The molecule has 3 fully saturated rings. The van der Waals surface area contributed by atoms with Gasteiger partial charge in [-0.2, -0.15) is 0 Å². The molecule has 0 radical (unpaired) electrons. The number of esters is 1. The van der Waals surface area contributed by atoms with Crippen molar-refractivity contribution >= 4 is 41.0 Å². The number of likely N-dealkylation sites (tertiary alicyclic amines) is 1. The van der Waals surface area contributed by atoms with E-state index in [0.717, 1.165) is 24.8 Å². The van der Waals surface area contributed by atoms with Crippen molar-refractivity contribution in [2.45, 2.75) is 32.6 Å². The average molecular weight is 419 g/mol. The molecule has 0 spiro atoms. The van der Waals surface area contributed by atoms with Crippen LogP contribution in [0, 0.1) is 30.6 Å². The largest absolute Gasteiger partial charge is 0.456 e. The van der Waals surface area contributed by atoms with Gasteiger partial charge in [0.2, 0.25) is 11.8 Å². The number of halogens is 1. The lowest BCUT2D eigenvalue weighted by molar-refractivity contribution is -0.149. The Hall–Kier alpha value is -2.41. The summed E-state index contributed by atoms with van der Waals surface area (Å²) < 4.78 is 4.99. The molecule has 0 unspecified atom stereocenters. The number of ether oxygens (including phenoxy) is 1. The first-order valence-corrected chi connectivity index (χ1v) is 10.3. The molecule has 2 saturated carbocycles. The molecule has 29 heavy (non-hydrogen) atoms. The van der Waals surface area contributed by atoms with Crippen molar-refractivity contribution in [1.82, 2.24) is 4.90 Å². The lowest BCUT2D eigenvalue weighted by Gasteiger charge is -2.19. The highest BCUT2D eigenvalue weighted by Gasteiger charge is 2.60. The molecule has 4 rings (SSSR count). The molecule has 1 heterocycles. The Labute approximate surface area is 173 Å². The van der Waals surface area contributed by atoms with Crippen molar-refractivity contribution < 1.29 is 23.9 Å². The first-order valence-electron chi connectivity index (χ1n) is 9.92. The van der Waals surface area contributed by atoms with Crippen LogP contribution in [0.4, 0.5) is 5.69 Å². The number of amides is 3. The van der Waals surface area contributed by atoms with Crippen LogP contribution < -0.4 is 5.32 Å². The molecule has 7 nitrogen and oxygen atoms in total. The van der Waals surface area contributed by atoms with Crippen LogP contribution in [-0.4, -0.2) is 41.7 Å². The lowest BCUT2D eigenvalue weighted by atomic mass is 9.81. The lowest BCUT2D eigenvalue weighted by Crippen LogP contribution is -2.35. The van der Waals surface area contributed by atoms with Crippen LogP contribution in [0.25, 0.3) is 0 Å². The zero-order chi connectivity index (χ0) is 20.7. The fraction of sp³-hybridized carbons (Fsp3) is 0.524. The van der Waals surface area contributed by atoms with Crippen LogP contribution in [0.3, 0.4) is 0 Å². The highest BCUT2D eigenvalue weighted by Crippen LogP contribution is 2.56. The Bertz CT molecular complexity index is 858. The predicted octanol–water partition coefficient (Wildman–Crippen LogP) is 2.55. The van der Waals surface area contributed by atoms with Gasteiger partial charge in [-0.3, -0.25) is 24.1 Å². The number of carbonyl (C=O) groups is 4. The number of nitrogens with zero attached hydrogens (tertiary/aromatic N) is 1. The molecule has 1 aromatic rings. The smallest absolute Gasteiger partial charge is 0.308 e. The Morgan fingerprint density at radius 1 is 1.17 bits per heavy atom. The number of carbonyl (C=O) groups excluding carboxylic acids is 4. The van der Waals surface area contributed by atoms with Gasteiger partial charge in [0.05, 0.1) is 18.3 Å². The van der Waals surface area contributed by atoms with Crippen LogP contribution >= 0.6 is 11.6 Å². The van der Waals surface area contributed by atoms with Gasteiger partial charge in [-0.1, -0.05) is 17.7 Å². The minimum Gasteiger partial charge on any atom is -0.456 e. The van der Waals surface area contributed by atoms with Crippen molar-refractivity contribution in [3.05, 3.63) is 28.8 Å². The molecule has 2 bridgehead atoms. The molecule has 4 atom stereocenters. The number of imide groups is 1. The van der Waals surface area contributed by atoms with Gasteiger partial charge in [-0.05, 0) is 55.7 Å². The van der Waals surface area contributed by atoms with E-state index in [-0.39, 0.29) is 36.6 Å². The van der Waals surface area contributed by atoms with Crippen molar-refractivity contribution in [1.29, 1.82) is 0 Å². The first kappa shape index (κ1) is 19.9. The second-order valence-corrected chi connectivity index (χ2v) is 8.49. The maximum atomic E-state index is 12.6. The fourth-order valence-corrected chi connectivity index (χ4v) is 5.22. The monoisotopic (exact) mass is 418 g/mol. The number of anilines is 1. The van der Waals surface area contributed by atoms with Crippen LogP contribution in [-0.2, 0) is 23.9 Å². The van der Waals surface area contributed by atoms with Crippen LogP contribution in [0.1, 0.15) is 31.2 Å². The second-order valence-electron chi connectivity index (χ2n) is 8.08. The zero-order valence-electron chi connectivity index (χ0n) is 16.2. The summed E-state index contributed by atoms with van der Waals surface area (Å²) in [5.74, 6) is -1.14. The highest BCUT2D eigenvalue weighted by atomic mass is 35.5. The molecule has 1 N–H and O–H groups in total. The van der Waals surface area contributed by atoms with Crippen LogP contribution in [0.5, 0.6) is 0 Å². The summed E-state index contributed by atoms with van der Waals surface area (Å²) in [5, 5.41) is 3.17. The van der Waals surface area contributed by atoms with Gasteiger partial charge in [-0.25, -0.2) is 0 Å². The fourth-order valence-electron chi connectivity index (χ4n) is 5.04. The van der Waals surface area contributed by atoms with E-state index in [0.29, 0.717) is 22.5 Å². The van der Waals surface area contributed by atoms with Gasteiger partial charge in [0.25, 0.3) is 5.91 Å². The third-order valence-corrected chi connectivity index (χ3v) is 6.87. The molecule has 8 heteroatoms. The van der Waals surface area contributed by atoms with E-state index in [9.17, 15) is 19.2 Å². The molecule has 3 amide bonds. The molecule has 3 aliphatic rings. The van der Waals surface area contributed by atoms with Gasteiger partial charge >= 0.3 is 5.97 Å². The first-order chi connectivity index (χ1) is 13.9. The Morgan fingerprint density at radius 3 is 2.48 bits per heavy atom. The maximum Gasteiger partial charge on any atom is 0.308 e. The normalized spacial score (nSPS) is 27.3. The number of rotatable bonds is 6. The standard InChI is InChI=1S/C21H23ClN2O5/c1-11-14(22)3-2-4-15(11)23-16(25)10-29-17(26)7-8-24-20(27)18-12-5-6-13(9-12)19(18)21(24)28/h2-4,12-13,18-19H,5-10H2,1H3,(H,23,25)/t12-,13-,18-,19+/m0/s1. The maximum absolute atomic E-state index is 12.6. The summed E-state index contributed by atoms with van der Waals surface area (Å²) in [6.07, 6.45) is 2.89. The van der Waals surface area contributed by atoms with Crippen molar-refractivity contribution in [3.8, 4) is 0 Å². The number of hydrogen-bond donors (Lipinski definition) is 1. The molecule has 0 aromatic heterocycles. The van der Waals surface area contributed by atoms with E-state index in [2.05, 4.69) is 5.32 Å². The van der Waals surface area contributed by atoms with Gasteiger partial charge in [0, 0.05) is 17.3 Å². The molecular formula is C21H23ClN2O5. The molecule has 2 aliphatic carbocycles. The summed E-state index contributed by atoms with van der Waals surface area (Å²) in [6, 6.07) is 5.13. The van der Waals surface area contributed by atoms with Gasteiger partial charge in [-0.15, -0.1) is 0 Å². The number of benzene rings is 1. The third kappa shape index (κ3) is 3.64. The Balaban J connectivity index is 1.24. The van der Waals surface area contributed by atoms with Gasteiger partial charge in [0.15, 0.2) is 6.61 Å². The van der Waals surface area contributed by atoms with Gasteiger partial charge < -0.3 is 10.1 Å². The summed E-state index contributed by atoms with van der Waals surface area (Å²) >= 11 is 6.01.